The molecule has 0 unspecified atom stereocenters. The highest BCUT2D eigenvalue weighted by Crippen LogP contribution is 2.22. The molecule has 0 bridgehead atoms. The lowest BCUT2D eigenvalue weighted by molar-refractivity contribution is -0.132. The van der Waals surface area contributed by atoms with Crippen molar-refractivity contribution in [3.8, 4) is 0 Å². The largest absolute Gasteiger partial charge is 0.385 e. The molecule has 0 radical (unpaired) electrons. The quantitative estimate of drug-likeness (QED) is 0.727. The summed E-state index contributed by atoms with van der Waals surface area (Å²) in [4.78, 5) is 18.3. The van der Waals surface area contributed by atoms with Crippen molar-refractivity contribution < 1.29 is 9.53 Å². The lowest BCUT2D eigenvalue weighted by atomic mass is 9.93. The predicted octanol–water partition coefficient (Wildman–Crippen LogP) is 2.42. The van der Waals surface area contributed by atoms with Crippen LogP contribution >= 0.6 is 0 Å². The van der Waals surface area contributed by atoms with Gasteiger partial charge in [0.25, 0.3) is 0 Å². The molecule has 0 saturated carbocycles. The number of ether oxygens (including phenoxy) is 1. The van der Waals surface area contributed by atoms with Crippen LogP contribution in [0, 0.1) is 12.8 Å². The Hall–Kier alpha value is -1.36. The number of amides is 1. The average Bonchev–Trinajstić information content (AvgIpc) is 2.88. The van der Waals surface area contributed by atoms with Crippen molar-refractivity contribution in [3.63, 3.8) is 0 Å². The Kier molecular flexibility index (Phi) is 6.43. The summed E-state index contributed by atoms with van der Waals surface area (Å²) in [5.74, 6) is 2.12. The van der Waals surface area contributed by atoms with Gasteiger partial charge < -0.3 is 14.2 Å². The fourth-order valence-corrected chi connectivity index (χ4v) is 3.21. The van der Waals surface area contributed by atoms with Gasteiger partial charge in [-0.15, -0.1) is 0 Å². The maximum Gasteiger partial charge on any atom is 0.222 e. The minimum atomic E-state index is 0.287. The van der Waals surface area contributed by atoms with Gasteiger partial charge in [-0.3, -0.25) is 4.79 Å². The van der Waals surface area contributed by atoms with Gasteiger partial charge in [0.05, 0.1) is 0 Å². The molecule has 1 aromatic rings. The van der Waals surface area contributed by atoms with Crippen LogP contribution in [0.25, 0.3) is 0 Å². The molecule has 124 valence electrons. The van der Waals surface area contributed by atoms with Crippen LogP contribution in [0.3, 0.4) is 0 Å². The van der Waals surface area contributed by atoms with Crippen LogP contribution in [0.4, 0.5) is 0 Å². The summed E-state index contributed by atoms with van der Waals surface area (Å²) in [5.41, 5.74) is 1.23. The zero-order chi connectivity index (χ0) is 15.9. The van der Waals surface area contributed by atoms with Gasteiger partial charge in [-0.2, -0.15) is 0 Å². The van der Waals surface area contributed by atoms with Crippen LogP contribution in [0.2, 0.25) is 0 Å². The van der Waals surface area contributed by atoms with Crippen molar-refractivity contribution in [2.45, 2.75) is 52.5 Å². The molecule has 0 atom stereocenters. The third-order valence-electron chi connectivity index (χ3n) is 4.61. The lowest BCUT2D eigenvalue weighted by Crippen LogP contribution is -2.38. The number of rotatable bonds is 7. The molecule has 5 nitrogen and oxygen atoms in total. The second-order valence-electron chi connectivity index (χ2n) is 6.20. The molecule has 0 spiro atoms. The summed E-state index contributed by atoms with van der Waals surface area (Å²) in [5, 5.41) is 0. The number of nitrogens with zero attached hydrogens (tertiary/aromatic N) is 3. The van der Waals surface area contributed by atoms with Crippen LogP contribution in [0.15, 0.2) is 6.20 Å². The van der Waals surface area contributed by atoms with E-state index in [1.54, 1.807) is 7.11 Å². The molecule has 1 aliphatic rings. The number of methoxy groups -OCH3 is 1. The molecule has 2 rings (SSSR count). The van der Waals surface area contributed by atoms with Crippen molar-refractivity contribution in [1.82, 2.24) is 14.5 Å². The minimum absolute atomic E-state index is 0.287. The molecule has 0 aliphatic carbocycles. The number of carbonyl (C=O) groups excluding carboxylic acids is 1. The van der Waals surface area contributed by atoms with E-state index in [1.165, 1.54) is 11.5 Å². The van der Waals surface area contributed by atoms with E-state index in [1.807, 2.05) is 18.0 Å². The molecule has 1 fully saturated rings. The number of hydrogen-bond acceptors (Lipinski definition) is 3. The van der Waals surface area contributed by atoms with Gasteiger partial charge in [0.15, 0.2) is 0 Å². The average molecular weight is 307 g/mol. The van der Waals surface area contributed by atoms with Crippen LogP contribution < -0.4 is 0 Å². The second-order valence-corrected chi connectivity index (χ2v) is 6.20. The van der Waals surface area contributed by atoms with E-state index in [9.17, 15) is 4.79 Å². The highest BCUT2D eigenvalue weighted by atomic mass is 16.5. The molecule has 5 heteroatoms. The lowest BCUT2D eigenvalue weighted by Gasteiger charge is -2.31. The van der Waals surface area contributed by atoms with E-state index in [0.29, 0.717) is 12.3 Å². The van der Waals surface area contributed by atoms with Gasteiger partial charge in [0.1, 0.15) is 5.82 Å². The number of aryl methyl sites for hydroxylation is 1. The van der Waals surface area contributed by atoms with Crippen molar-refractivity contribution in [3.05, 3.63) is 17.7 Å². The minimum Gasteiger partial charge on any atom is -0.385 e. The molecular formula is C17H29N3O2. The normalized spacial score (nSPS) is 16.2. The SMILES string of the molecule is CCC(=O)N1CCC(Cc2ncc(C)n2CCCOC)CC1. The van der Waals surface area contributed by atoms with Crippen molar-refractivity contribution in [2.24, 2.45) is 5.92 Å². The predicted molar refractivity (Wildman–Crippen MR) is 86.8 cm³/mol. The first-order valence-corrected chi connectivity index (χ1v) is 8.43. The first-order chi connectivity index (χ1) is 10.7. The third-order valence-corrected chi connectivity index (χ3v) is 4.61. The van der Waals surface area contributed by atoms with Gasteiger partial charge >= 0.3 is 0 Å². The van der Waals surface area contributed by atoms with E-state index >= 15 is 0 Å². The van der Waals surface area contributed by atoms with Crippen LogP contribution in [0.5, 0.6) is 0 Å². The topological polar surface area (TPSA) is 47.4 Å². The van der Waals surface area contributed by atoms with Gasteiger partial charge in [-0.05, 0) is 32.1 Å². The first kappa shape index (κ1) is 17.0. The van der Waals surface area contributed by atoms with Gasteiger partial charge in [0.2, 0.25) is 5.91 Å². The number of imidazole rings is 1. The summed E-state index contributed by atoms with van der Waals surface area (Å²) in [6, 6.07) is 0. The highest BCUT2D eigenvalue weighted by molar-refractivity contribution is 5.75. The Balaban J connectivity index is 1.88. The molecule has 0 aromatic carbocycles. The van der Waals surface area contributed by atoms with Crippen molar-refractivity contribution >= 4 is 5.91 Å². The summed E-state index contributed by atoms with van der Waals surface area (Å²) in [6.45, 7) is 7.62. The number of piperidine rings is 1. The monoisotopic (exact) mass is 307 g/mol. The molecule has 1 aromatic heterocycles. The maximum absolute atomic E-state index is 11.7. The maximum atomic E-state index is 11.7. The van der Waals surface area contributed by atoms with E-state index in [-0.39, 0.29) is 5.91 Å². The number of aromatic nitrogens is 2. The molecule has 22 heavy (non-hydrogen) atoms. The van der Waals surface area contributed by atoms with Gasteiger partial charge in [-0.1, -0.05) is 6.92 Å². The van der Waals surface area contributed by atoms with Crippen LogP contribution in [0.1, 0.15) is 44.1 Å². The smallest absolute Gasteiger partial charge is 0.222 e. The summed E-state index contributed by atoms with van der Waals surface area (Å²) < 4.78 is 7.47. The number of hydrogen-bond donors (Lipinski definition) is 0. The summed E-state index contributed by atoms with van der Waals surface area (Å²) >= 11 is 0. The highest BCUT2D eigenvalue weighted by Gasteiger charge is 2.23. The fourth-order valence-electron chi connectivity index (χ4n) is 3.21. The number of carbonyl (C=O) groups is 1. The van der Waals surface area contributed by atoms with Crippen molar-refractivity contribution in [1.29, 1.82) is 0 Å². The Morgan fingerprint density at radius 2 is 2.14 bits per heavy atom. The fraction of sp³-hybridized carbons (Fsp3) is 0.765. The van der Waals surface area contributed by atoms with Crippen molar-refractivity contribution in [2.75, 3.05) is 26.8 Å². The zero-order valence-electron chi connectivity index (χ0n) is 14.2. The Labute approximate surface area is 133 Å². The number of likely N-dealkylation sites (tertiary alicyclic amines) is 1. The van der Waals surface area contributed by atoms with Crippen LogP contribution in [-0.4, -0.2) is 47.2 Å². The van der Waals surface area contributed by atoms with E-state index in [4.69, 9.17) is 4.74 Å². The zero-order valence-corrected chi connectivity index (χ0v) is 14.2. The molecule has 1 saturated heterocycles. The van der Waals surface area contributed by atoms with E-state index in [0.717, 1.165) is 51.9 Å². The molecule has 1 amide bonds. The third kappa shape index (κ3) is 4.32. The molecule has 0 N–H and O–H groups in total. The Morgan fingerprint density at radius 3 is 2.77 bits per heavy atom. The standard InChI is InChI=1S/C17H29N3O2/c1-4-17(21)19-9-6-15(7-10-19)12-16-18-13-14(2)20(16)8-5-11-22-3/h13,15H,4-12H2,1-3H3. The molecule has 2 heterocycles. The molecular weight excluding hydrogens is 278 g/mol. The molecule has 1 aliphatic heterocycles. The Bertz CT molecular complexity index is 476. The second kappa shape index (κ2) is 8.32. The van der Waals surface area contributed by atoms with Gasteiger partial charge in [0, 0.05) is 58.1 Å². The first-order valence-electron chi connectivity index (χ1n) is 8.43. The van der Waals surface area contributed by atoms with Gasteiger partial charge in [-0.25, -0.2) is 4.98 Å². The van der Waals surface area contributed by atoms with Crippen LogP contribution in [-0.2, 0) is 22.5 Å². The summed E-state index contributed by atoms with van der Waals surface area (Å²) in [7, 11) is 1.74. The Morgan fingerprint density at radius 1 is 1.41 bits per heavy atom. The summed E-state index contributed by atoms with van der Waals surface area (Å²) in [6.07, 6.45) is 6.82. The van der Waals surface area contributed by atoms with E-state index < -0.39 is 0 Å². The van der Waals surface area contributed by atoms with E-state index in [2.05, 4.69) is 16.5 Å².